The van der Waals surface area contributed by atoms with E-state index in [1.165, 1.54) is 37.7 Å². The quantitative estimate of drug-likeness (QED) is 0.584. The fourth-order valence-electron chi connectivity index (χ4n) is 5.98. The first-order valence-corrected chi connectivity index (χ1v) is 8.48. The molecule has 4 rings (SSSR count). The highest BCUT2D eigenvalue weighted by Gasteiger charge is 2.55. The molecule has 0 saturated heterocycles. The Morgan fingerprint density at radius 1 is 1.20 bits per heavy atom. The summed E-state index contributed by atoms with van der Waals surface area (Å²) in [6.45, 7) is 6.47. The molecule has 4 aliphatic rings. The summed E-state index contributed by atoms with van der Waals surface area (Å²) in [5.74, 6) is 3.72. The molecule has 0 spiro atoms. The molecule has 0 aromatic carbocycles. The molecule has 0 bridgehead atoms. The van der Waals surface area contributed by atoms with Crippen molar-refractivity contribution in [1.29, 1.82) is 0 Å². The van der Waals surface area contributed by atoms with Gasteiger partial charge in [0.1, 0.15) is 5.78 Å². The first kappa shape index (κ1) is 12.9. The molecule has 0 amide bonds. The maximum absolute atomic E-state index is 12.3. The van der Waals surface area contributed by atoms with E-state index >= 15 is 0 Å². The van der Waals surface area contributed by atoms with E-state index in [1.807, 2.05) is 0 Å². The summed E-state index contributed by atoms with van der Waals surface area (Å²) in [5, 5.41) is 0. The average molecular weight is 270 g/mol. The summed E-state index contributed by atoms with van der Waals surface area (Å²) >= 11 is 0. The van der Waals surface area contributed by atoms with E-state index < -0.39 is 0 Å². The SMILES string of the molecule is C=C1CC[C@H]2C(=CC[C@@H]3[C@@H]2CC[C@]2(C)C(=O)CC[C@@H]32)C1. The van der Waals surface area contributed by atoms with Crippen LogP contribution in [0.25, 0.3) is 0 Å². The van der Waals surface area contributed by atoms with E-state index in [1.54, 1.807) is 5.57 Å². The van der Waals surface area contributed by atoms with Crippen LogP contribution in [0.2, 0.25) is 0 Å². The van der Waals surface area contributed by atoms with Gasteiger partial charge in [-0.1, -0.05) is 30.7 Å². The Labute approximate surface area is 122 Å². The van der Waals surface area contributed by atoms with Crippen molar-refractivity contribution in [2.45, 2.75) is 58.3 Å². The van der Waals surface area contributed by atoms with Gasteiger partial charge in [-0.05, 0) is 68.6 Å². The zero-order valence-electron chi connectivity index (χ0n) is 12.7. The van der Waals surface area contributed by atoms with Gasteiger partial charge < -0.3 is 0 Å². The minimum absolute atomic E-state index is 0.0325. The second-order valence-corrected chi connectivity index (χ2v) is 7.94. The van der Waals surface area contributed by atoms with Crippen molar-refractivity contribution in [1.82, 2.24) is 0 Å². The molecule has 20 heavy (non-hydrogen) atoms. The van der Waals surface area contributed by atoms with Crippen LogP contribution in [0.3, 0.4) is 0 Å². The average Bonchev–Trinajstić information content (AvgIpc) is 2.74. The zero-order valence-corrected chi connectivity index (χ0v) is 12.7. The maximum Gasteiger partial charge on any atom is 0.139 e. The van der Waals surface area contributed by atoms with Crippen LogP contribution in [-0.2, 0) is 4.79 Å². The van der Waals surface area contributed by atoms with Crippen molar-refractivity contribution in [3.05, 3.63) is 23.8 Å². The van der Waals surface area contributed by atoms with Crippen LogP contribution < -0.4 is 0 Å². The summed E-state index contributed by atoms with van der Waals surface area (Å²) in [6.07, 6.45) is 11.9. The van der Waals surface area contributed by atoms with Crippen molar-refractivity contribution < 1.29 is 4.79 Å². The van der Waals surface area contributed by atoms with Crippen LogP contribution in [0.5, 0.6) is 0 Å². The van der Waals surface area contributed by atoms with Crippen LogP contribution in [0.1, 0.15) is 58.3 Å². The second kappa shape index (κ2) is 4.32. The van der Waals surface area contributed by atoms with Gasteiger partial charge in [-0.25, -0.2) is 0 Å². The minimum Gasteiger partial charge on any atom is -0.299 e. The molecule has 0 radical (unpaired) electrons. The molecule has 1 nitrogen and oxygen atoms in total. The molecule has 3 saturated carbocycles. The Hall–Kier alpha value is -0.850. The molecule has 3 fully saturated rings. The van der Waals surface area contributed by atoms with E-state index in [2.05, 4.69) is 19.6 Å². The standard InChI is InChI=1S/C19H26O/c1-12-3-5-14-13(11-12)4-6-16-15(14)9-10-19(2)17(16)7-8-18(19)20/h4,14-17H,1,3,5-11H2,2H3/t14-,15+,16+,17-,19-/m0/s1. The minimum atomic E-state index is 0.0325. The third-order valence-corrected chi connectivity index (χ3v) is 7.11. The van der Waals surface area contributed by atoms with Gasteiger partial charge in [-0.15, -0.1) is 0 Å². The van der Waals surface area contributed by atoms with Gasteiger partial charge in [0, 0.05) is 11.8 Å². The Morgan fingerprint density at radius 3 is 2.90 bits per heavy atom. The predicted octanol–water partition coefficient (Wildman–Crippen LogP) is 4.68. The number of hydrogen-bond acceptors (Lipinski definition) is 1. The highest BCUT2D eigenvalue weighted by Crippen LogP contribution is 2.60. The molecule has 0 heterocycles. The second-order valence-electron chi connectivity index (χ2n) is 7.94. The highest BCUT2D eigenvalue weighted by molar-refractivity contribution is 5.87. The molecular formula is C19H26O. The Bertz CT molecular complexity index is 500. The molecular weight excluding hydrogens is 244 g/mol. The topological polar surface area (TPSA) is 17.1 Å². The van der Waals surface area contributed by atoms with E-state index in [-0.39, 0.29) is 5.41 Å². The van der Waals surface area contributed by atoms with Gasteiger partial charge in [0.2, 0.25) is 0 Å². The molecule has 0 N–H and O–H groups in total. The number of rotatable bonds is 0. The highest BCUT2D eigenvalue weighted by atomic mass is 16.1. The van der Waals surface area contributed by atoms with Crippen molar-refractivity contribution in [2.75, 3.05) is 0 Å². The molecule has 4 aliphatic carbocycles. The van der Waals surface area contributed by atoms with Crippen LogP contribution in [-0.4, -0.2) is 5.78 Å². The van der Waals surface area contributed by atoms with Crippen molar-refractivity contribution in [3.63, 3.8) is 0 Å². The van der Waals surface area contributed by atoms with Gasteiger partial charge in [0.05, 0.1) is 0 Å². The molecule has 5 atom stereocenters. The summed E-state index contributed by atoms with van der Waals surface area (Å²) in [7, 11) is 0. The molecule has 1 heteroatoms. The Balaban J connectivity index is 1.65. The van der Waals surface area contributed by atoms with Gasteiger partial charge in [0.25, 0.3) is 0 Å². The fraction of sp³-hybridized carbons (Fsp3) is 0.737. The van der Waals surface area contributed by atoms with E-state index in [9.17, 15) is 4.79 Å². The first-order chi connectivity index (χ1) is 9.59. The number of Topliss-reactive ketones (excluding diaryl/α,β-unsaturated/α-hetero) is 1. The van der Waals surface area contributed by atoms with Crippen molar-refractivity contribution in [3.8, 4) is 0 Å². The molecule has 0 aliphatic heterocycles. The smallest absolute Gasteiger partial charge is 0.139 e. The fourth-order valence-corrected chi connectivity index (χ4v) is 5.98. The van der Waals surface area contributed by atoms with Crippen LogP contribution in [0, 0.1) is 29.1 Å². The number of carbonyl (C=O) groups excluding carboxylic acids is 1. The van der Waals surface area contributed by atoms with Gasteiger partial charge in [-0.2, -0.15) is 0 Å². The first-order valence-electron chi connectivity index (χ1n) is 8.48. The lowest BCUT2D eigenvalue weighted by Gasteiger charge is -2.51. The van der Waals surface area contributed by atoms with Crippen LogP contribution in [0.4, 0.5) is 0 Å². The van der Waals surface area contributed by atoms with E-state index in [0.717, 1.165) is 37.0 Å². The lowest BCUT2D eigenvalue weighted by Crippen LogP contribution is -2.45. The number of hydrogen-bond donors (Lipinski definition) is 0. The summed E-state index contributed by atoms with van der Waals surface area (Å²) < 4.78 is 0. The summed E-state index contributed by atoms with van der Waals surface area (Å²) in [5.41, 5.74) is 3.16. The Kier molecular flexibility index (Phi) is 2.78. The van der Waals surface area contributed by atoms with Crippen LogP contribution in [0.15, 0.2) is 23.8 Å². The van der Waals surface area contributed by atoms with E-state index in [4.69, 9.17) is 0 Å². The van der Waals surface area contributed by atoms with Crippen molar-refractivity contribution >= 4 is 5.78 Å². The zero-order chi connectivity index (χ0) is 13.9. The maximum atomic E-state index is 12.3. The Morgan fingerprint density at radius 2 is 2.05 bits per heavy atom. The number of allylic oxidation sites excluding steroid dienone is 3. The lowest BCUT2D eigenvalue weighted by molar-refractivity contribution is -0.130. The summed E-state index contributed by atoms with van der Waals surface area (Å²) in [6, 6.07) is 0. The molecule has 0 aromatic rings. The van der Waals surface area contributed by atoms with Crippen LogP contribution >= 0.6 is 0 Å². The largest absolute Gasteiger partial charge is 0.299 e. The van der Waals surface area contributed by atoms with Gasteiger partial charge in [-0.3, -0.25) is 4.79 Å². The normalized spacial score (nSPS) is 47.4. The lowest BCUT2D eigenvalue weighted by atomic mass is 9.53. The molecule has 0 aromatic heterocycles. The number of ketones is 1. The van der Waals surface area contributed by atoms with Gasteiger partial charge in [0.15, 0.2) is 0 Å². The number of fused-ring (bicyclic) bond motifs is 5. The molecule has 0 unspecified atom stereocenters. The predicted molar refractivity (Wildman–Crippen MR) is 81.2 cm³/mol. The monoisotopic (exact) mass is 270 g/mol. The third-order valence-electron chi connectivity index (χ3n) is 7.11. The number of carbonyl (C=O) groups is 1. The van der Waals surface area contributed by atoms with Crippen molar-refractivity contribution in [2.24, 2.45) is 29.1 Å². The molecule has 108 valence electrons. The summed E-state index contributed by atoms with van der Waals surface area (Å²) in [4.78, 5) is 12.3. The van der Waals surface area contributed by atoms with E-state index in [0.29, 0.717) is 11.7 Å². The third kappa shape index (κ3) is 1.64. The van der Waals surface area contributed by atoms with Gasteiger partial charge >= 0.3 is 0 Å².